The monoisotopic (exact) mass is 203 g/mol. The van der Waals surface area contributed by atoms with Crippen LogP contribution in [0.1, 0.15) is 25.7 Å². The van der Waals surface area contributed by atoms with Gasteiger partial charge in [-0.3, -0.25) is 0 Å². The number of hydrogen-bond donors (Lipinski definition) is 3. The molecule has 0 bridgehead atoms. The minimum absolute atomic E-state index is 0.348. The van der Waals surface area contributed by atoms with E-state index in [1.165, 1.54) is 0 Å². The maximum atomic E-state index is 11.0. The minimum atomic E-state index is -0.348. The summed E-state index contributed by atoms with van der Waals surface area (Å²) in [5.41, 5.74) is 10.6. The Morgan fingerprint density at radius 1 is 1.07 bits per heavy atom. The number of amides is 1. The molecule has 0 fully saturated rings. The van der Waals surface area contributed by atoms with E-state index < -0.39 is 0 Å². The summed E-state index contributed by atoms with van der Waals surface area (Å²) >= 11 is 0. The normalized spacial score (nSPS) is 9.86. The van der Waals surface area contributed by atoms with Crippen LogP contribution in [-0.4, -0.2) is 32.3 Å². The summed E-state index contributed by atoms with van der Waals surface area (Å²) in [6.45, 7) is 2.38. The maximum absolute atomic E-state index is 11.0. The molecule has 0 radical (unpaired) electrons. The number of carbonyl (C=O) groups is 1. The van der Waals surface area contributed by atoms with Gasteiger partial charge in [-0.1, -0.05) is 0 Å². The first-order valence-electron chi connectivity index (χ1n) is 5.12. The molecule has 0 aliphatic carbocycles. The first kappa shape index (κ1) is 13.2. The van der Waals surface area contributed by atoms with Gasteiger partial charge in [0.1, 0.15) is 0 Å². The number of carbonyl (C=O) groups excluding carboxylic acids is 1. The molecule has 0 atom stereocenters. The largest absolute Gasteiger partial charge is 0.450 e. The Kier molecular flexibility index (Phi) is 9.68. The Morgan fingerprint density at radius 3 is 2.36 bits per heavy atom. The fraction of sp³-hybridized carbons (Fsp3) is 0.889. The van der Waals surface area contributed by atoms with Gasteiger partial charge in [0, 0.05) is 6.54 Å². The molecule has 5 heteroatoms. The zero-order valence-corrected chi connectivity index (χ0v) is 8.63. The molecule has 0 rings (SSSR count). The third kappa shape index (κ3) is 9.28. The average molecular weight is 203 g/mol. The van der Waals surface area contributed by atoms with Crippen LogP contribution in [0.3, 0.4) is 0 Å². The van der Waals surface area contributed by atoms with E-state index in [-0.39, 0.29) is 6.09 Å². The second-order valence-corrected chi connectivity index (χ2v) is 3.05. The molecule has 1 amide bonds. The van der Waals surface area contributed by atoms with Crippen molar-refractivity contribution < 1.29 is 9.53 Å². The standard InChI is InChI=1S/C9H21N3O2/c10-5-1-3-7-12-9(13)14-8-4-2-6-11/h1-8,10-11H2,(H,12,13). The third-order valence-electron chi connectivity index (χ3n) is 1.73. The lowest BCUT2D eigenvalue weighted by molar-refractivity contribution is 0.144. The lowest BCUT2D eigenvalue weighted by atomic mass is 10.3. The topological polar surface area (TPSA) is 90.4 Å². The Labute approximate surface area is 85.2 Å². The van der Waals surface area contributed by atoms with Gasteiger partial charge in [0.05, 0.1) is 6.61 Å². The van der Waals surface area contributed by atoms with Crippen LogP contribution >= 0.6 is 0 Å². The van der Waals surface area contributed by atoms with Gasteiger partial charge in [0.2, 0.25) is 0 Å². The molecule has 5 nitrogen and oxygen atoms in total. The van der Waals surface area contributed by atoms with E-state index in [1.807, 2.05) is 0 Å². The van der Waals surface area contributed by atoms with Crippen LogP contribution in [0.15, 0.2) is 0 Å². The van der Waals surface area contributed by atoms with Crippen molar-refractivity contribution in [2.24, 2.45) is 11.5 Å². The molecule has 84 valence electrons. The number of hydrogen-bond acceptors (Lipinski definition) is 4. The van der Waals surface area contributed by atoms with E-state index in [2.05, 4.69) is 5.32 Å². The summed E-state index contributed by atoms with van der Waals surface area (Å²) in [6.07, 6.45) is 3.19. The molecule has 0 saturated carbocycles. The molecule has 0 aliphatic heterocycles. The lowest BCUT2D eigenvalue weighted by Gasteiger charge is -2.05. The second kappa shape index (κ2) is 10.3. The van der Waals surface area contributed by atoms with E-state index in [9.17, 15) is 4.79 Å². The van der Waals surface area contributed by atoms with Crippen LogP contribution in [0.5, 0.6) is 0 Å². The number of nitrogens with two attached hydrogens (primary N) is 2. The highest BCUT2D eigenvalue weighted by Gasteiger charge is 1.99. The average Bonchev–Trinajstić information content (AvgIpc) is 2.19. The molecule has 0 aromatic rings. The molecule has 0 aromatic heterocycles. The highest BCUT2D eigenvalue weighted by molar-refractivity contribution is 5.66. The molecule has 0 aliphatic rings. The maximum Gasteiger partial charge on any atom is 0.407 e. The smallest absolute Gasteiger partial charge is 0.407 e. The lowest BCUT2D eigenvalue weighted by Crippen LogP contribution is -2.26. The Hall–Kier alpha value is -0.810. The third-order valence-corrected chi connectivity index (χ3v) is 1.73. The van der Waals surface area contributed by atoms with Crippen molar-refractivity contribution in [2.75, 3.05) is 26.2 Å². The predicted octanol–water partition coefficient (Wildman–Crippen LogP) is 0.190. The molecule has 14 heavy (non-hydrogen) atoms. The van der Waals surface area contributed by atoms with Gasteiger partial charge in [-0.25, -0.2) is 4.79 Å². The van der Waals surface area contributed by atoms with Crippen LogP contribution in [-0.2, 0) is 4.74 Å². The van der Waals surface area contributed by atoms with Crippen LogP contribution in [0.4, 0.5) is 4.79 Å². The van der Waals surface area contributed by atoms with Crippen molar-refractivity contribution in [3.8, 4) is 0 Å². The highest BCUT2D eigenvalue weighted by Crippen LogP contribution is 1.89. The van der Waals surface area contributed by atoms with Crippen LogP contribution in [0.2, 0.25) is 0 Å². The van der Waals surface area contributed by atoms with Gasteiger partial charge in [-0.05, 0) is 38.8 Å². The van der Waals surface area contributed by atoms with E-state index in [0.717, 1.165) is 25.7 Å². The van der Waals surface area contributed by atoms with Crippen LogP contribution < -0.4 is 16.8 Å². The SMILES string of the molecule is NCCCCNC(=O)OCCCCN. The van der Waals surface area contributed by atoms with E-state index in [1.54, 1.807) is 0 Å². The van der Waals surface area contributed by atoms with Crippen molar-refractivity contribution in [2.45, 2.75) is 25.7 Å². The van der Waals surface area contributed by atoms with Crippen LogP contribution in [0, 0.1) is 0 Å². The zero-order valence-electron chi connectivity index (χ0n) is 8.63. The van der Waals surface area contributed by atoms with Crippen molar-refractivity contribution in [1.29, 1.82) is 0 Å². The summed E-state index contributed by atoms with van der Waals surface area (Å²) in [5.74, 6) is 0. The first-order valence-corrected chi connectivity index (χ1v) is 5.12. The summed E-state index contributed by atoms with van der Waals surface area (Å²) in [6, 6.07) is 0. The fourth-order valence-corrected chi connectivity index (χ4v) is 0.922. The van der Waals surface area contributed by atoms with Gasteiger partial charge in [-0.2, -0.15) is 0 Å². The van der Waals surface area contributed by atoms with Crippen molar-refractivity contribution >= 4 is 6.09 Å². The molecular formula is C9H21N3O2. The van der Waals surface area contributed by atoms with Gasteiger partial charge >= 0.3 is 6.09 Å². The molecule has 0 spiro atoms. The van der Waals surface area contributed by atoms with Crippen molar-refractivity contribution in [3.63, 3.8) is 0 Å². The molecule has 5 N–H and O–H groups in total. The summed E-state index contributed by atoms with van der Waals surface area (Å²) < 4.78 is 4.89. The Balaban J connectivity index is 3.11. The molecule has 0 aromatic carbocycles. The van der Waals surface area contributed by atoms with Crippen LogP contribution in [0.25, 0.3) is 0 Å². The van der Waals surface area contributed by atoms with Crippen molar-refractivity contribution in [3.05, 3.63) is 0 Å². The first-order chi connectivity index (χ1) is 6.81. The fourth-order valence-electron chi connectivity index (χ4n) is 0.922. The molecule has 0 unspecified atom stereocenters. The van der Waals surface area contributed by atoms with Gasteiger partial charge in [0.25, 0.3) is 0 Å². The predicted molar refractivity (Wildman–Crippen MR) is 55.9 cm³/mol. The van der Waals surface area contributed by atoms with E-state index in [0.29, 0.717) is 26.2 Å². The zero-order chi connectivity index (χ0) is 10.6. The number of alkyl carbamates (subject to hydrolysis) is 1. The van der Waals surface area contributed by atoms with Gasteiger partial charge in [-0.15, -0.1) is 0 Å². The Bertz CT molecular complexity index is 128. The number of ether oxygens (including phenoxy) is 1. The molecule has 0 saturated heterocycles. The number of rotatable bonds is 8. The van der Waals surface area contributed by atoms with Crippen molar-refractivity contribution in [1.82, 2.24) is 5.32 Å². The number of unbranched alkanes of at least 4 members (excludes halogenated alkanes) is 2. The minimum Gasteiger partial charge on any atom is -0.450 e. The summed E-state index contributed by atoms with van der Waals surface area (Å²) in [5, 5.41) is 2.65. The van der Waals surface area contributed by atoms with Gasteiger partial charge < -0.3 is 21.5 Å². The Morgan fingerprint density at radius 2 is 1.71 bits per heavy atom. The number of nitrogens with one attached hydrogen (secondary N) is 1. The molecular weight excluding hydrogens is 182 g/mol. The summed E-state index contributed by atoms with van der Waals surface area (Å²) in [4.78, 5) is 11.0. The van der Waals surface area contributed by atoms with E-state index in [4.69, 9.17) is 16.2 Å². The summed E-state index contributed by atoms with van der Waals surface area (Å²) in [7, 11) is 0. The van der Waals surface area contributed by atoms with E-state index >= 15 is 0 Å². The molecule has 0 heterocycles. The second-order valence-electron chi connectivity index (χ2n) is 3.05. The van der Waals surface area contributed by atoms with Gasteiger partial charge in [0.15, 0.2) is 0 Å². The highest BCUT2D eigenvalue weighted by atomic mass is 16.5. The quantitative estimate of drug-likeness (QED) is 0.491.